The number of anilines is 1. The summed E-state index contributed by atoms with van der Waals surface area (Å²) in [6.07, 6.45) is 0. The summed E-state index contributed by atoms with van der Waals surface area (Å²) in [5.41, 5.74) is 1.63. The number of aromatic carboxylic acids is 1. The minimum atomic E-state index is -1.26. The van der Waals surface area contributed by atoms with Gasteiger partial charge in [0.15, 0.2) is 0 Å². The van der Waals surface area contributed by atoms with Crippen molar-refractivity contribution in [1.29, 1.82) is 0 Å². The number of carbonyl (C=O) groups is 2. The molecule has 41 heavy (non-hydrogen) atoms. The average Bonchev–Trinajstić information content (AvgIpc) is 3.30. The van der Waals surface area contributed by atoms with E-state index in [9.17, 15) is 19.1 Å². The van der Waals surface area contributed by atoms with Crippen LogP contribution in [0.2, 0.25) is 10.0 Å². The van der Waals surface area contributed by atoms with Gasteiger partial charge in [-0.2, -0.15) is 5.10 Å². The Bertz CT molecular complexity index is 1580. The summed E-state index contributed by atoms with van der Waals surface area (Å²) in [6.45, 7) is 5.96. The van der Waals surface area contributed by atoms with Gasteiger partial charge in [0.2, 0.25) is 0 Å². The van der Waals surface area contributed by atoms with Crippen molar-refractivity contribution in [3.05, 3.63) is 75.5 Å². The van der Waals surface area contributed by atoms with Crippen LogP contribution < -0.4 is 14.5 Å². The maximum atomic E-state index is 14.5. The lowest BCUT2D eigenvalue weighted by atomic mass is 9.85. The number of halogens is 3. The Balaban J connectivity index is 1.70. The summed E-state index contributed by atoms with van der Waals surface area (Å²) < 4.78 is 26.3. The Morgan fingerprint density at radius 1 is 1.10 bits per heavy atom. The number of fused-ring (bicyclic) bond motifs is 3. The zero-order chi connectivity index (χ0) is 29.8. The van der Waals surface area contributed by atoms with E-state index in [4.69, 9.17) is 37.8 Å². The first-order valence-corrected chi connectivity index (χ1v) is 13.5. The third-order valence-electron chi connectivity index (χ3n) is 7.38. The summed E-state index contributed by atoms with van der Waals surface area (Å²) in [5, 5.41) is 16.8. The fourth-order valence-corrected chi connectivity index (χ4v) is 5.55. The molecule has 2 unspecified atom stereocenters. The van der Waals surface area contributed by atoms with Crippen LogP contribution in [0.25, 0.3) is 11.1 Å². The molecule has 2 atom stereocenters. The van der Waals surface area contributed by atoms with Crippen LogP contribution >= 0.6 is 23.2 Å². The van der Waals surface area contributed by atoms with Crippen LogP contribution in [0.5, 0.6) is 11.5 Å². The van der Waals surface area contributed by atoms with Gasteiger partial charge in [-0.25, -0.2) is 9.18 Å². The fraction of sp³-hybridized carbons (Fsp3) is 0.300. The van der Waals surface area contributed by atoms with E-state index in [0.29, 0.717) is 49.6 Å². The Morgan fingerprint density at radius 3 is 2.39 bits per heavy atom. The molecule has 0 aliphatic carbocycles. The molecular weight excluding hydrogens is 572 g/mol. The zero-order valence-electron chi connectivity index (χ0n) is 23.0. The third-order valence-corrected chi connectivity index (χ3v) is 7.81. The van der Waals surface area contributed by atoms with Crippen LogP contribution in [0.15, 0.2) is 53.6 Å². The number of amides is 1. The predicted molar refractivity (Wildman–Crippen MR) is 156 cm³/mol. The van der Waals surface area contributed by atoms with Gasteiger partial charge in [0.1, 0.15) is 23.0 Å². The topological polar surface area (TPSA) is 91.7 Å². The minimum Gasteiger partial charge on any atom is -0.496 e. The Morgan fingerprint density at radius 2 is 1.78 bits per heavy atom. The smallest absolute Gasteiger partial charge is 0.335 e. The van der Waals surface area contributed by atoms with Crippen molar-refractivity contribution in [2.24, 2.45) is 11.0 Å². The van der Waals surface area contributed by atoms with Crippen molar-refractivity contribution < 1.29 is 28.6 Å². The highest BCUT2D eigenvalue weighted by Gasteiger charge is 2.48. The zero-order valence-corrected chi connectivity index (χ0v) is 24.5. The van der Waals surface area contributed by atoms with Gasteiger partial charge in [-0.3, -0.25) is 9.80 Å². The molecule has 0 saturated heterocycles. The summed E-state index contributed by atoms with van der Waals surface area (Å²) in [4.78, 5) is 27.0. The molecule has 0 aromatic heterocycles. The summed E-state index contributed by atoms with van der Waals surface area (Å²) in [6, 6.07) is 11.5. The van der Waals surface area contributed by atoms with Gasteiger partial charge in [-0.05, 0) is 68.8 Å². The molecule has 3 aromatic carbocycles. The number of ether oxygens (including phenoxy) is 2. The van der Waals surface area contributed by atoms with Crippen LogP contribution in [0.1, 0.15) is 42.7 Å². The maximum Gasteiger partial charge on any atom is 0.335 e. The lowest BCUT2D eigenvalue weighted by Crippen LogP contribution is -2.48. The van der Waals surface area contributed by atoms with Gasteiger partial charge < -0.3 is 19.5 Å². The third kappa shape index (κ3) is 5.31. The quantitative estimate of drug-likeness (QED) is 0.351. The van der Waals surface area contributed by atoms with E-state index in [0.717, 1.165) is 6.07 Å². The van der Waals surface area contributed by atoms with Crippen LogP contribution in [0, 0.1) is 11.7 Å². The van der Waals surface area contributed by atoms with E-state index >= 15 is 0 Å². The summed E-state index contributed by atoms with van der Waals surface area (Å²) in [5.74, 6) is -1.82. The molecule has 0 fully saturated rings. The Kier molecular flexibility index (Phi) is 7.38. The Labute approximate surface area is 246 Å². The van der Waals surface area contributed by atoms with Crippen molar-refractivity contribution in [2.45, 2.75) is 32.4 Å². The van der Waals surface area contributed by atoms with E-state index in [1.54, 1.807) is 47.3 Å². The first-order chi connectivity index (χ1) is 19.3. The van der Waals surface area contributed by atoms with Gasteiger partial charge in [0, 0.05) is 39.8 Å². The van der Waals surface area contributed by atoms with E-state index in [1.165, 1.54) is 19.2 Å². The van der Waals surface area contributed by atoms with Crippen molar-refractivity contribution in [3.8, 4) is 22.6 Å². The predicted octanol–water partition coefficient (Wildman–Crippen LogP) is 6.69. The number of carboxylic acids is 1. The van der Waals surface area contributed by atoms with Gasteiger partial charge in [-0.1, -0.05) is 23.2 Å². The number of nitrogens with zero attached hydrogens (tertiary/aromatic N) is 3. The second-order valence-corrected chi connectivity index (χ2v) is 11.9. The molecule has 0 saturated carbocycles. The summed E-state index contributed by atoms with van der Waals surface area (Å²) >= 11 is 12.7. The number of hydrazone groups is 1. The second kappa shape index (κ2) is 10.5. The number of hydrogen-bond acceptors (Lipinski definition) is 6. The first kappa shape index (κ1) is 28.7. The summed E-state index contributed by atoms with van der Waals surface area (Å²) in [7, 11) is 3.19. The molecule has 1 amide bonds. The molecule has 2 heterocycles. The van der Waals surface area contributed by atoms with Crippen molar-refractivity contribution in [2.75, 3.05) is 25.8 Å². The number of carbonyl (C=O) groups excluding carboxylic acids is 1. The molecular formula is C30H28Cl2FN3O5. The molecule has 8 nitrogen and oxygen atoms in total. The lowest BCUT2D eigenvalue weighted by Gasteiger charge is -2.36. The van der Waals surface area contributed by atoms with Gasteiger partial charge in [-0.15, -0.1) is 0 Å². The van der Waals surface area contributed by atoms with E-state index in [1.807, 2.05) is 20.8 Å². The highest BCUT2D eigenvalue weighted by Crippen LogP contribution is 2.50. The van der Waals surface area contributed by atoms with Gasteiger partial charge in [0.05, 0.1) is 36.9 Å². The van der Waals surface area contributed by atoms with E-state index in [2.05, 4.69) is 0 Å². The van der Waals surface area contributed by atoms with Gasteiger partial charge >= 0.3 is 5.97 Å². The van der Waals surface area contributed by atoms with Crippen LogP contribution in [0.4, 0.5) is 10.1 Å². The van der Waals surface area contributed by atoms with Crippen molar-refractivity contribution in [1.82, 2.24) is 4.90 Å². The molecule has 2 aliphatic rings. The van der Waals surface area contributed by atoms with Crippen molar-refractivity contribution >= 4 is 46.5 Å². The monoisotopic (exact) mass is 599 g/mol. The van der Waals surface area contributed by atoms with Crippen LogP contribution in [0.3, 0.4) is 0 Å². The maximum absolute atomic E-state index is 14.5. The Hall–Kier alpha value is -3.82. The number of carboxylic acid groups (broad SMARTS) is 1. The molecule has 5 rings (SSSR count). The molecule has 214 valence electrons. The van der Waals surface area contributed by atoms with E-state index < -0.39 is 29.3 Å². The highest BCUT2D eigenvalue weighted by atomic mass is 35.5. The van der Waals surface area contributed by atoms with E-state index in [-0.39, 0.29) is 18.1 Å². The lowest BCUT2D eigenvalue weighted by molar-refractivity contribution is -0.127. The molecule has 11 heteroatoms. The molecule has 2 aliphatic heterocycles. The number of methoxy groups -OCH3 is 1. The molecule has 1 N–H and O–H groups in total. The fourth-order valence-electron chi connectivity index (χ4n) is 5.04. The molecule has 3 aromatic rings. The normalized spacial score (nSPS) is 17.8. The SMILES string of the molecule is COc1cc2c(cc1-c1cc(F)cc(C(=O)O)c1)C1C(CO2)C(C(=O)N(C)C(C)(C)C)=NN1c1cc(Cl)cc(Cl)c1. The van der Waals surface area contributed by atoms with Gasteiger partial charge in [0.25, 0.3) is 5.91 Å². The number of benzene rings is 3. The largest absolute Gasteiger partial charge is 0.496 e. The number of hydrogen-bond donors (Lipinski definition) is 1. The van der Waals surface area contributed by atoms with Crippen molar-refractivity contribution in [3.63, 3.8) is 0 Å². The minimum absolute atomic E-state index is 0.163. The van der Waals surface area contributed by atoms with Crippen LogP contribution in [-0.2, 0) is 4.79 Å². The number of rotatable bonds is 5. The first-order valence-electron chi connectivity index (χ1n) is 12.8. The molecule has 0 bridgehead atoms. The molecule has 0 radical (unpaired) electrons. The standard InChI is InChI=1S/C30H28Cl2FN3O5/c1-30(2,3)35(4)28(37)26-23-14-41-25-13-24(40-5)21(15-6-16(29(38)39)8-19(33)7-15)12-22(25)27(23)36(34-26)20-10-17(31)9-18(32)11-20/h6-13,23,27H,14H2,1-5H3,(H,38,39). The second-order valence-electron chi connectivity index (χ2n) is 11.0. The van der Waals surface area contributed by atoms with Crippen LogP contribution in [-0.4, -0.2) is 53.9 Å². The molecule has 0 spiro atoms. The highest BCUT2D eigenvalue weighted by molar-refractivity contribution is 6.41. The average molecular weight is 600 g/mol.